The number of likely N-dealkylation sites (tertiary alicyclic amines) is 1. The SMILES string of the molecule is CCOC(=O)[C@H]1[C@H]2C(=O)N(Cc3ccco3)C[C@]23C=C[C@H]1O3. The molecule has 1 spiro atoms. The van der Waals surface area contributed by atoms with Gasteiger partial charge in [-0.3, -0.25) is 9.59 Å². The second-order valence-electron chi connectivity index (χ2n) is 5.93. The Morgan fingerprint density at radius 1 is 1.55 bits per heavy atom. The molecule has 2 fully saturated rings. The zero-order valence-electron chi connectivity index (χ0n) is 12.2. The van der Waals surface area contributed by atoms with Crippen LogP contribution in [0.2, 0.25) is 0 Å². The van der Waals surface area contributed by atoms with Crippen molar-refractivity contribution < 1.29 is 23.5 Å². The summed E-state index contributed by atoms with van der Waals surface area (Å²) >= 11 is 0. The van der Waals surface area contributed by atoms with E-state index >= 15 is 0 Å². The van der Waals surface area contributed by atoms with Gasteiger partial charge < -0.3 is 18.8 Å². The number of ether oxygens (including phenoxy) is 2. The average Bonchev–Trinajstić information content (AvgIpc) is 3.23. The molecule has 1 aromatic heterocycles. The highest BCUT2D eigenvalue weighted by Gasteiger charge is 2.67. The van der Waals surface area contributed by atoms with Crippen LogP contribution in [-0.4, -0.2) is 41.6 Å². The van der Waals surface area contributed by atoms with Gasteiger partial charge in [0, 0.05) is 0 Å². The maximum Gasteiger partial charge on any atom is 0.312 e. The van der Waals surface area contributed by atoms with Crippen molar-refractivity contribution in [1.82, 2.24) is 4.90 Å². The molecule has 1 aromatic rings. The third-order valence-corrected chi connectivity index (χ3v) is 4.66. The van der Waals surface area contributed by atoms with Gasteiger partial charge in [-0.1, -0.05) is 12.2 Å². The molecule has 0 saturated carbocycles. The van der Waals surface area contributed by atoms with E-state index in [1.54, 1.807) is 24.2 Å². The molecule has 6 heteroatoms. The van der Waals surface area contributed by atoms with E-state index in [1.807, 2.05) is 18.2 Å². The number of hydrogen-bond donors (Lipinski definition) is 0. The fraction of sp³-hybridized carbons (Fsp3) is 0.500. The van der Waals surface area contributed by atoms with Crippen molar-refractivity contribution in [3.05, 3.63) is 36.3 Å². The number of furan rings is 1. The van der Waals surface area contributed by atoms with Crippen molar-refractivity contribution in [1.29, 1.82) is 0 Å². The van der Waals surface area contributed by atoms with Gasteiger partial charge in [0.15, 0.2) is 0 Å². The molecule has 0 N–H and O–H groups in total. The van der Waals surface area contributed by atoms with Crippen LogP contribution in [0.3, 0.4) is 0 Å². The molecule has 3 aliphatic rings. The summed E-state index contributed by atoms with van der Waals surface area (Å²) in [5.74, 6) is -0.732. The highest BCUT2D eigenvalue weighted by molar-refractivity contribution is 5.91. The molecule has 1 amide bonds. The largest absolute Gasteiger partial charge is 0.467 e. The molecular weight excluding hydrogens is 286 g/mol. The minimum absolute atomic E-state index is 0.0682. The Balaban J connectivity index is 1.61. The van der Waals surface area contributed by atoms with E-state index in [-0.39, 0.29) is 18.0 Å². The minimum Gasteiger partial charge on any atom is -0.467 e. The molecule has 4 rings (SSSR count). The molecule has 0 unspecified atom stereocenters. The highest BCUT2D eigenvalue weighted by Crippen LogP contribution is 2.52. The number of nitrogens with zero attached hydrogens (tertiary/aromatic N) is 1. The van der Waals surface area contributed by atoms with Crippen LogP contribution in [0.4, 0.5) is 0 Å². The van der Waals surface area contributed by atoms with Crippen LogP contribution in [0.25, 0.3) is 0 Å². The Morgan fingerprint density at radius 2 is 2.41 bits per heavy atom. The summed E-state index contributed by atoms with van der Waals surface area (Å²) in [6.07, 6.45) is 5.04. The summed E-state index contributed by atoms with van der Waals surface area (Å²) in [5.41, 5.74) is -0.689. The van der Waals surface area contributed by atoms with Crippen LogP contribution in [0.5, 0.6) is 0 Å². The molecule has 4 atom stereocenters. The standard InChI is InChI=1S/C16H17NO5/c1-2-20-15(19)12-11-5-6-16(22-11)9-17(14(18)13(12)16)8-10-4-3-7-21-10/h3-7,11-13H,2,8-9H2,1H3/t11-,12-,13+,16-/m1/s1. The third kappa shape index (κ3) is 1.76. The van der Waals surface area contributed by atoms with Gasteiger partial charge in [0.2, 0.25) is 5.91 Å². The molecule has 2 saturated heterocycles. The molecular formula is C16H17NO5. The minimum atomic E-state index is -0.689. The lowest BCUT2D eigenvalue weighted by Gasteiger charge is -2.22. The van der Waals surface area contributed by atoms with E-state index in [0.29, 0.717) is 19.7 Å². The molecule has 0 radical (unpaired) electrons. The van der Waals surface area contributed by atoms with Crippen LogP contribution in [0.1, 0.15) is 12.7 Å². The van der Waals surface area contributed by atoms with E-state index in [0.717, 1.165) is 5.76 Å². The lowest BCUT2D eigenvalue weighted by atomic mass is 9.77. The Kier molecular flexibility index (Phi) is 2.91. The molecule has 2 bridgehead atoms. The van der Waals surface area contributed by atoms with Crippen molar-refractivity contribution in [2.24, 2.45) is 11.8 Å². The molecule has 3 aliphatic heterocycles. The smallest absolute Gasteiger partial charge is 0.312 e. The van der Waals surface area contributed by atoms with E-state index in [1.165, 1.54) is 0 Å². The van der Waals surface area contributed by atoms with Crippen LogP contribution >= 0.6 is 0 Å². The van der Waals surface area contributed by atoms with Gasteiger partial charge in [0.1, 0.15) is 17.3 Å². The van der Waals surface area contributed by atoms with Crippen LogP contribution in [-0.2, 0) is 25.6 Å². The average molecular weight is 303 g/mol. The Bertz CT molecular complexity index is 637. The van der Waals surface area contributed by atoms with Gasteiger partial charge in [-0.25, -0.2) is 0 Å². The Hall–Kier alpha value is -2.08. The molecule has 4 heterocycles. The number of fused-ring (bicyclic) bond motifs is 1. The van der Waals surface area contributed by atoms with E-state index < -0.39 is 17.4 Å². The van der Waals surface area contributed by atoms with Gasteiger partial charge in [0.25, 0.3) is 0 Å². The van der Waals surface area contributed by atoms with Gasteiger partial charge in [-0.05, 0) is 19.1 Å². The van der Waals surface area contributed by atoms with Crippen molar-refractivity contribution in [2.45, 2.75) is 25.2 Å². The van der Waals surface area contributed by atoms with E-state index in [9.17, 15) is 9.59 Å². The van der Waals surface area contributed by atoms with Crippen LogP contribution in [0, 0.1) is 11.8 Å². The van der Waals surface area contributed by atoms with Gasteiger partial charge >= 0.3 is 5.97 Å². The molecule has 0 aromatic carbocycles. The first-order valence-corrected chi connectivity index (χ1v) is 7.49. The lowest BCUT2D eigenvalue weighted by molar-refractivity contribution is -0.153. The topological polar surface area (TPSA) is 69.0 Å². The number of carbonyl (C=O) groups excluding carboxylic acids is 2. The Morgan fingerprint density at radius 3 is 3.14 bits per heavy atom. The molecule has 6 nitrogen and oxygen atoms in total. The number of amides is 1. The fourth-order valence-electron chi connectivity index (χ4n) is 3.81. The second kappa shape index (κ2) is 4.71. The number of rotatable bonds is 4. The second-order valence-corrected chi connectivity index (χ2v) is 5.93. The summed E-state index contributed by atoms with van der Waals surface area (Å²) < 4.78 is 16.4. The molecule has 22 heavy (non-hydrogen) atoms. The highest BCUT2D eigenvalue weighted by atomic mass is 16.6. The van der Waals surface area contributed by atoms with Crippen LogP contribution in [0.15, 0.2) is 35.0 Å². The van der Waals surface area contributed by atoms with Crippen molar-refractivity contribution in [3.8, 4) is 0 Å². The predicted octanol–water partition coefficient (Wildman–Crippen LogP) is 1.12. The summed E-state index contributed by atoms with van der Waals surface area (Å²) in [6.45, 7) is 2.90. The monoisotopic (exact) mass is 303 g/mol. The number of hydrogen-bond acceptors (Lipinski definition) is 5. The van der Waals surface area contributed by atoms with E-state index in [2.05, 4.69) is 0 Å². The lowest BCUT2D eigenvalue weighted by Crippen LogP contribution is -2.39. The first-order chi connectivity index (χ1) is 10.6. The maximum atomic E-state index is 12.8. The molecule has 0 aliphatic carbocycles. The van der Waals surface area contributed by atoms with Crippen molar-refractivity contribution in [3.63, 3.8) is 0 Å². The predicted molar refractivity (Wildman–Crippen MR) is 74.5 cm³/mol. The van der Waals surface area contributed by atoms with Crippen molar-refractivity contribution >= 4 is 11.9 Å². The maximum absolute atomic E-state index is 12.8. The zero-order chi connectivity index (χ0) is 15.3. The third-order valence-electron chi connectivity index (χ3n) is 4.66. The van der Waals surface area contributed by atoms with Gasteiger partial charge in [-0.2, -0.15) is 0 Å². The first-order valence-electron chi connectivity index (χ1n) is 7.49. The van der Waals surface area contributed by atoms with E-state index in [4.69, 9.17) is 13.9 Å². The van der Waals surface area contributed by atoms with Crippen LogP contribution < -0.4 is 0 Å². The summed E-state index contributed by atoms with van der Waals surface area (Å²) in [7, 11) is 0. The van der Waals surface area contributed by atoms with Gasteiger partial charge in [0.05, 0.1) is 38.0 Å². The quantitative estimate of drug-likeness (QED) is 0.616. The summed E-state index contributed by atoms with van der Waals surface area (Å²) in [4.78, 5) is 26.7. The normalized spacial score (nSPS) is 35.2. The van der Waals surface area contributed by atoms with Crippen molar-refractivity contribution in [2.75, 3.05) is 13.2 Å². The Labute approximate surface area is 127 Å². The summed E-state index contributed by atoms with van der Waals surface area (Å²) in [5, 5.41) is 0. The fourth-order valence-corrected chi connectivity index (χ4v) is 3.81. The number of carbonyl (C=O) groups is 2. The zero-order valence-corrected chi connectivity index (χ0v) is 12.2. The number of esters is 1. The molecule has 116 valence electrons. The first kappa shape index (κ1) is 13.6. The summed E-state index contributed by atoms with van der Waals surface area (Å²) in [6, 6.07) is 3.62. The van der Waals surface area contributed by atoms with Gasteiger partial charge in [-0.15, -0.1) is 0 Å².